The molecule has 0 radical (unpaired) electrons. The van der Waals surface area contributed by atoms with Gasteiger partial charge in [-0.15, -0.1) is 0 Å². The molecule has 1 aromatic rings. The van der Waals surface area contributed by atoms with E-state index in [-0.39, 0.29) is 17.6 Å². The van der Waals surface area contributed by atoms with E-state index in [2.05, 4.69) is 38.0 Å². The molecule has 2 rings (SSSR count). The maximum Gasteiger partial charge on any atom is 0.330 e. The first-order chi connectivity index (χ1) is 22.4. The Morgan fingerprint density at radius 1 is 0.870 bits per heavy atom. The summed E-state index contributed by atoms with van der Waals surface area (Å²) in [6, 6.07) is 0. The lowest BCUT2D eigenvalue weighted by Crippen LogP contribution is -2.35. The minimum absolute atomic E-state index is 0.0692. The number of ether oxygens (including phenoxy) is 2. The summed E-state index contributed by atoms with van der Waals surface area (Å²) in [5, 5.41) is 3.49. The third kappa shape index (κ3) is 15.8. The largest absolute Gasteiger partial charge is 0.385 e. The molecule has 1 aromatic heterocycles. The van der Waals surface area contributed by atoms with Gasteiger partial charge in [-0.25, -0.2) is 4.79 Å². The first kappa shape index (κ1) is 40.3. The molecule has 1 aliphatic heterocycles. The van der Waals surface area contributed by atoms with Crippen LogP contribution in [0.3, 0.4) is 0 Å². The van der Waals surface area contributed by atoms with Gasteiger partial charge in [0.25, 0.3) is 5.56 Å². The summed E-state index contributed by atoms with van der Waals surface area (Å²) in [5.74, 6) is 0.694. The molecule has 1 fully saturated rings. The van der Waals surface area contributed by atoms with Crippen molar-refractivity contribution < 1.29 is 9.47 Å². The van der Waals surface area contributed by atoms with Crippen molar-refractivity contribution in [3.63, 3.8) is 0 Å². The molecule has 7 nitrogen and oxygen atoms in total. The number of nitrogens with zero attached hydrogens (tertiary/aromatic N) is 1. The van der Waals surface area contributed by atoms with Crippen LogP contribution >= 0.6 is 0 Å². The second kappa shape index (κ2) is 25.2. The standard InChI is InChI=1S/C39H71N3O4/c1-6-8-9-10-11-12-13-14-15-16-17-18-19-20-21-22-23-24-25-26-28-40-35(27-7-2)34-30-42(39(44)41-38(34)43)37-29-33(32(3)4)36(46-37)31-45-5/h27,30,32-33,36-37,40H,6-26,28-29,31H2,1-5H3,(H,41,43,44)/b35-27-. The first-order valence-electron chi connectivity index (χ1n) is 19.4. The summed E-state index contributed by atoms with van der Waals surface area (Å²) in [4.78, 5) is 28.2. The van der Waals surface area contributed by atoms with Gasteiger partial charge in [0.05, 0.1) is 18.3 Å². The number of methoxy groups -OCH3 is 1. The van der Waals surface area contributed by atoms with Gasteiger partial charge < -0.3 is 14.8 Å². The van der Waals surface area contributed by atoms with Gasteiger partial charge >= 0.3 is 5.69 Å². The highest BCUT2D eigenvalue weighted by Crippen LogP contribution is 2.37. The molecule has 3 unspecified atom stereocenters. The van der Waals surface area contributed by atoms with Crippen LogP contribution in [0.1, 0.15) is 181 Å². The van der Waals surface area contributed by atoms with E-state index < -0.39 is 11.9 Å². The summed E-state index contributed by atoms with van der Waals surface area (Å²) in [6.07, 6.45) is 32.2. The summed E-state index contributed by atoms with van der Waals surface area (Å²) in [6.45, 7) is 10.0. The third-order valence-corrected chi connectivity index (χ3v) is 9.79. The van der Waals surface area contributed by atoms with Crippen LogP contribution in [0.4, 0.5) is 0 Å². The lowest BCUT2D eigenvalue weighted by Gasteiger charge is -2.20. The van der Waals surface area contributed by atoms with Gasteiger partial charge in [-0.2, -0.15) is 0 Å². The Balaban J connectivity index is 1.59. The minimum Gasteiger partial charge on any atom is -0.385 e. The Bertz CT molecular complexity index is 1050. The minimum atomic E-state index is -0.427. The maximum atomic E-state index is 12.9. The predicted molar refractivity (Wildman–Crippen MR) is 194 cm³/mol. The Morgan fingerprint density at radius 2 is 1.37 bits per heavy atom. The number of aromatic amines is 1. The number of unbranched alkanes of at least 4 members (excludes halogenated alkanes) is 19. The third-order valence-electron chi connectivity index (χ3n) is 9.79. The molecule has 0 saturated carbocycles. The first-order valence-corrected chi connectivity index (χ1v) is 19.4. The molecule has 46 heavy (non-hydrogen) atoms. The molecule has 1 saturated heterocycles. The van der Waals surface area contributed by atoms with E-state index in [1.165, 1.54) is 122 Å². The molecule has 2 heterocycles. The van der Waals surface area contributed by atoms with Gasteiger partial charge in [-0.1, -0.05) is 156 Å². The summed E-state index contributed by atoms with van der Waals surface area (Å²) < 4.78 is 13.2. The molecule has 0 amide bonds. The van der Waals surface area contributed by atoms with Gasteiger partial charge in [0, 0.05) is 25.5 Å². The van der Waals surface area contributed by atoms with Crippen molar-refractivity contribution >= 4 is 5.70 Å². The maximum absolute atomic E-state index is 12.9. The zero-order valence-corrected chi connectivity index (χ0v) is 30.5. The molecule has 1 aliphatic rings. The molecule has 0 aromatic carbocycles. The van der Waals surface area contributed by atoms with Crippen molar-refractivity contribution in [2.24, 2.45) is 11.8 Å². The van der Waals surface area contributed by atoms with Gasteiger partial charge in [-0.3, -0.25) is 14.3 Å². The zero-order valence-electron chi connectivity index (χ0n) is 30.5. The van der Waals surface area contributed by atoms with Crippen LogP contribution in [-0.2, 0) is 9.47 Å². The highest BCUT2D eigenvalue weighted by molar-refractivity contribution is 5.62. The van der Waals surface area contributed by atoms with Gasteiger partial charge in [0.15, 0.2) is 0 Å². The molecule has 0 aliphatic carbocycles. The lowest BCUT2D eigenvalue weighted by atomic mass is 9.89. The molecule has 0 bridgehead atoms. The number of allylic oxidation sites excluding steroid dienone is 1. The van der Waals surface area contributed by atoms with E-state index in [4.69, 9.17) is 9.47 Å². The zero-order chi connectivity index (χ0) is 33.4. The summed E-state index contributed by atoms with van der Waals surface area (Å²) >= 11 is 0. The van der Waals surface area contributed by atoms with Crippen LogP contribution in [0.25, 0.3) is 5.70 Å². The van der Waals surface area contributed by atoms with Crippen molar-refractivity contribution in [3.8, 4) is 0 Å². The predicted octanol–water partition coefficient (Wildman–Crippen LogP) is 9.91. The molecule has 3 atom stereocenters. The molecular formula is C39H71N3O4. The highest BCUT2D eigenvalue weighted by Gasteiger charge is 2.38. The number of aromatic nitrogens is 2. The summed E-state index contributed by atoms with van der Waals surface area (Å²) in [5.41, 5.74) is 0.504. The van der Waals surface area contributed by atoms with Gasteiger partial charge in [0.1, 0.15) is 6.23 Å². The molecular weight excluding hydrogens is 574 g/mol. The lowest BCUT2D eigenvalue weighted by molar-refractivity contribution is -0.0452. The average Bonchev–Trinajstić information content (AvgIpc) is 3.45. The molecule has 0 spiro atoms. The summed E-state index contributed by atoms with van der Waals surface area (Å²) in [7, 11) is 1.67. The fourth-order valence-corrected chi connectivity index (χ4v) is 6.93. The fraction of sp³-hybridized carbons (Fsp3) is 0.846. The topological polar surface area (TPSA) is 85.3 Å². The van der Waals surface area contributed by atoms with Crippen LogP contribution < -0.4 is 16.6 Å². The smallest absolute Gasteiger partial charge is 0.330 e. The van der Waals surface area contributed by atoms with E-state index in [0.29, 0.717) is 18.1 Å². The normalized spacial score (nSPS) is 18.6. The van der Waals surface area contributed by atoms with Gasteiger partial charge in [0.2, 0.25) is 0 Å². The molecule has 266 valence electrons. The second-order valence-electron chi connectivity index (χ2n) is 14.1. The average molecular weight is 646 g/mol. The highest BCUT2D eigenvalue weighted by atomic mass is 16.5. The number of hydrogen-bond acceptors (Lipinski definition) is 5. The quantitative estimate of drug-likeness (QED) is 0.0886. The monoisotopic (exact) mass is 646 g/mol. The fourth-order valence-electron chi connectivity index (χ4n) is 6.93. The van der Waals surface area contributed by atoms with Gasteiger partial charge in [-0.05, 0) is 31.1 Å². The Kier molecular flexibility index (Phi) is 22.1. The van der Waals surface area contributed by atoms with Crippen LogP contribution in [0, 0.1) is 11.8 Å². The molecule has 7 heteroatoms. The Morgan fingerprint density at radius 3 is 1.83 bits per heavy atom. The van der Waals surface area contributed by atoms with E-state index in [9.17, 15) is 9.59 Å². The van der Waals surface area contributed by atoms with Crippen molar-refractivity contribution in [2.45, 2.75) is 181 Å². The number of nitrogens with one attached hydrogen (secondary N) is 2. The second-order valence-corrected chi connectivity index (χ2v) is 14.1. The molecule has 2 N–H and O–H groups in total. The van der Waals surface area contributed by atoms with Crippen LogP contribution in [0.5, 0.6) is 0 Å². The number of rotatable bonds is 28. The number of hydrogen-bond donors (Lipinski definition) is 2. The SMILES string of the molecule is CC/C=C(\NCCCCCCCCCCCCCCCCCCCCCC)c1cn(C2CC(C(C)C)C(COC)O2)c(=O)[nH]c1=O. The van der Waals surface area contributed by atoms with E-state index >= 15 is 0 Å². The van der Waals surface area contributed by atoms with Crippen LogP contribution in [0.15, 0.2) is 21.9 Å². The van der Waals surface area contributed by atoms with Crippen molar-refractivity contribution in [2.75, 3.05) is 20.3 Å². The number of H-pyrrole nitrogens is 1. The van der Waals surface area contributed by atoms with Crippen molar-refractivity contribution in [1.29, 1.82) is 0 Å². The van der Waals surface area contributed by atoms with Crippen molar-refractivity contribution in [3.05, 3.63) is 38.7 Å². The van der Waals surface area contributed by atoms with E-state index in [1.54, 1.807) is 17.9 Å². The Hall–Kier alpha value is -1.86. The van der Waals surface area contributed by atoms with E-state index in [0.717, 1.165) is 31.5 Å². The van der Waals surface area contributed by atoms with E-state index in [1.807, 2.05) is 6.08 Å². The van der Waals surface area contributed by atoms with Crippen LogP contribution in [0.2, 0.25) is 0 Å². The van der Waals surface area contributed by atoms with Crippen molar-refractivity contribution in [1.82, 2.24) is 14.9 Å². The Labute approximate surface area is 281 Å². The van der Waals surface area contributed by atoms with Crippen LogP contribution in [-0.4, -0.2) is 35.9 Å².